The molecule has 0 spiro atoms. The predicted molar refractivity (Wildman–Crippen MR) is 114 cm³/mol. The monoisotopic (exact) mass is 431 g/mol. The molecule has 152 valence electrons. The molecule has 0 atom stereocenters. The van der Waals surface area contributed by atoms with Gasteiger partial charge in [-0.05, 0) is 41.8 Å². The zero-order chi connectivity index (χ0) is 20.4. The van der Waals surface area contributed by atoms with Crippen molar-refractivity contribution in [3.8, 4) is 0 Å². The molecule has 0 unspecified atom stereocenters. The summed E-state index contributed by atoms with van der Waals surface area (Å²) in [6.45, 7) is 3.59. The highest BCUT2D eigenvalue weighted by Gasteiger charge is 2.49. The molecule has 5 nitrogen and oxygen atoms in total. The van der Waals surface area contributed by atoms with E-state index in [1.54, 1.807) is 29.2 Å². The molecule has 2 aromatic rings. The lowest BCUT2D eigenvalue weighted by Gasteiger charge is -2.31. The fourth-order valence-corrected chi connectivity index (χ4v) is 4.53. The number of piperazine rings is 1. The summed E-state index contributed by atoms with van der Waals surface area (Å²) in [6, 6.07) is 14.8. The maximum absolute atomic E-state index is 13.7. The van der Waals surface area contributed by atoms with E-state index in [9.17, 15) is 9.59 Å². The molecule has 29 heavy (non-hydrogen) atoms. The Morgan fingerprint density at radius 3 is 1.93 bits per heavy atom. The van der Waals surface area contributed by atoms with E-state index in [2.05, 4.69) is 5.32 Å². The van der Waals surface area contributed by atoms with Gasteiger partial charge in [0.1, 0.15) is 5.41 Å². The lowest BCUT2D eigenvalue weighted by Crippen LogP contribution is -2.50. The summed E-state index contributed by atoms with van der Waals surface area (Å²) in [5.41, 5.74) is 0.927. The predicted octanol–water partition coefficient (Wildman–Crippen LogP) is 2.94. The SMILES string of the molecule is O=C(CN1CCC(c2ccc(Cl)cc2)(c2ccc(Cl)cc2)C1=O)N1CCNCC1. The molecule has 2 heterocycles. The Hall–Kier alpha value is -2.08. The van der Waals surface area contributed by atoms with Gasteiger partial charge in [-0.3, -0.25) is 9.59 Å². The number of rotatable bonds is 4. The van der Waals surface area contributed by atoms with Crippen LogP contribution in [0.25, 0.3) is 0 Å². The fraction of sp³-hybridized carbons (Fsp3) is 0.364. The van der Waals surface area contributed by atoms with Gasteiger partial charge in [0.2, 0.25) is 11.8 Å². The fourth-order valence-electron chi connectivity index (χ4n) is 4.28. The number of halogens is 2. The summed E-state index contributed by atoms with van der Waals surface area (Å²) in [7, 11) is 0. The van der Waals surface area contributed by atoms with Gasteiger partial charge in [-0.15, -0.1) is 0 Å². The van der Waals surface area contributed by atoms with Crippen molar-refractivity contribution in [1.29, 1.82) is 0 Å². The second-order valence-corrected chi connectivity index (χ2v) is 8.40. The minimum absolute atomic E-state index is 0.00265. The van der Waals surface area contributed by atoms with Crippen LogP contribution in [0.15, 0.2) is 48.5 Å². The van der Waals surface area contributed by atoms with Crippen LogP contribution in [0.5, 0.6) is 0 Å². The van der Waals surface area contributed by atoms with Crippen LogP contribution < -0.4 is 5.32 Å². The number of hydrogen-bond acceptors (Lipinski definition) is 3. The van der Waals surface area contributed by atoms with Crippen LogP contribution in [0.1, 0.15) is 17.5 Å². The molecular weight excluding hydrogens is 409 g/mol. The molecule has 4 rings (SSSR count). The summed E-state index contributed by atoms with van der Waals surface area (Å²) < 4.78 is 0. The van der Waals surface area contributed by atoms with E-state index in [1.807, 2.05) is 29.2 Å². The van der Waals surface area contributed by atoms with Crippen molar-refractivity contribution < 1.29 is 9.59 Å². The highest BCUT2D eigenvalue weighted by molar-refractivity contribution is 6.30. The Morgan fingerprint density at radius 2 is 1.41 bits per heavy atom. The van der Waals surface area contributed by atoms with E-state index in [0.717, 1.165) is 24.2 Å². The van der Waals surface area contributed by atoms with Gasteiger partial charge in [0.25, 0.3) is 0 Å². The normalized spacial score (nSPS) is 18.9. The minimum atomic E-state index is -0.834. The lowest BCUT2D eigenvalue weighted by atomic mass is 9.73. The Morgan fingerprint density at radius 1 is 0.897 bits per heavy atom. The zero-order valence-electron chi connectivity index (χ0n) is 16.0. The molecule has 2 fully saturated rings. The van der Waals surface area contributed by atoms with Crippen molar-refractivity contribution in [2.75, 3.05) is 39.3 Å². The van der Waals surface area contributed by atoms with Gasteiger partial charge >= 0.3 is 0 Å². The second kappa shape index (κ2) is 8.34. The molecule has 0 radical (unpaired) electrons. The number of likely N-dealkylation sites (tertiary alicyclic amines) is 1. The number of nitrogens with zero attached hydrogens (tertiary/aromatic N) is 2. The molecular formula is C22H23Cl2N3O2. The standard InChI is InChI=1S/C22H23Cl2N3O2/c23-18-5-1-16(2-6-18)22(17-3-7-19(24)8-4-17)9-12-27(21(22)29)15-20(28)26-13-10-25-11-14-26/h1-8,25H,9-15H2. The van der Waals surface area contributed by atoms with Crippen LogP contribution in [0, 0.1) is 0 Å². The molecule has 0 aromatic heterocycles. The van der Waals surface area contributed by atoms with Gasteiger partial charge in [-0.1, -0.05) is 47.5 Å². The van der Waals surface area contributed by atoms with E-state index < -0.39 is 5.41 Å². The molecule has 2 aliphatic heterocycles. The Balaban J connectivity index is 1.65. The maximum atomic E-state index is 13.7. The molecule has 0 bridgehead atoms. The van der Waals surface area contributed by atoms with Gasteiger partial charge in [0.15, 0.2) is 0 Å². The van der Waals surface area contributed by atoms with Crippen molar-refractivity contribution in [2.24, 2.45) is 0 Å². The summed E-state index contributed by atoms with van der Waals surface area (Å²) in [6.07, 6.45) is 0.601. The van der Waals surface area contributed by atoms with Crippen LogP contribution in [-0.4, -0.2) is 60.9 Å². The van der Waals surface area contributed by atoms with Crippen LogP contribution >= 0.6 is 23.2 Å². The lowest BCUT2D eigenvalue weighted by molar-refractivity contribution is -0.140. The van der Waals surface area contributed by atoms with Gasteiger partial charge in [-0.25, -0.2) is 0 Å². The van der Waals surface area contributed by atoms with Crippen molar-refractivity contribution in [3.63, 3.8) is 0 Å². The molecule has 0 aliphatic carbocycles. The molecule has 7 heteroatoms. The first-order valence-corrected chi connectivity index (χ1v) is 10.6. The molecule has 2 saturated heterocycles. The third kappa shape index (κ3) is 3.87. The summed E-state index contributed by atoms with van der Waals surface area (Å²) in [4.78, 5) is 30.0. The molecule has 2 aliphatic rings. The summed E-state index contributed by atoms with van der Waals surface area (Å²) >= 11 is 12.2. The first-order chi connectivity index (χ1) is 14.0. The van der Waals surface area contributed by atoms with Gasteiger partial charge < -0.3 is 15.1 Å². The molecule has 1 N–H and O–H groups in total. The summed E-state index contributed by atoms with van der Waals surface area (Å²) in [5.74, 6) is -0.0477. The topological polar surface area (TPSA) is 52.7 Å². The number of nitrogens with one attached hydrogen (secondary N) is 1. The second-order valence-electron chi connectivity index (χ2n) is 7.53. The number of carbonyl (C=O) groups is 2. The van der Waals surface area contributed by atoms with Crippen molar-refractivity contribution >= 4 is 35.0 Å². The van der Waals surface area contributed by atoms with Gasteiger partial charge in [0, 0.05) is 42.8 Å². The number of benzene rings is 2. The van der Waals surface area contributed by atoms with Crippen LogP contribution in [-0.2, 0) is 15.0 Å². The average molecular weight is 432 g/mol. The van der Waals surface area contributed by atoms with E-state index >= 15 is 0 Å². The number of hydrogen-bond donors (Lipinski definition) is 1. The molecule has 2 amide bonds. The van der Waals surface area contributed by atoms with Crippen molar-refractivity contribution in [1.82, 2.24) is 15.1 Å². The number of carbonyl (C=O) groups excluding carboxylic acids is 2. The van der Waals surface area contributed by atoms with E-state index in [0.29, 0.717) is 36.1 Å². The molecule has 2 aromatic carbocycles. The zero-order valence-corrected chi connectivity index (χ0v) is 17.5. The van der Waals surface area contributed by atoms with Crippen LogP contribution in [0.4, 0.5) is 0 Å². The van der Waals surface area contributed by atoms with E-state index in [4.69, 9.17) is 23.2 Å². The first kappa shape index (κ1) is 20.2. The Labute approximate surface area is 180 Å². The van der Waals surface area contributed by atoms with Gasteiger partial charge in [0.05, 0.1) is 6.54 Å². The van der Waals surface area contributed by atoms with E-state index in [-0.39, 0.29) is 18.4 Å². The van der Waals surface area contributed by atoms with E-state index in [1.165, 1.54) is 0 Å². The Kier molecular flexibility index (Phi) is 5.81. The average Bonchev–Trinajstić information content (AvgIpc) is 3.07. The smallest absolute Gasteiger partial charge is 0.242 e. The maximum Gasteiger partial charge on any atom is 0.242 e. The summed E-state index contributed by atoms with van der Waals surface area (Å²) in [5, 5.41) is 4.48. The Bertz CT molecular complexity index is 848. The first-order valence-electron chi connectivity index (χ1n) is 9.81. The number of amides is 2. The minimum Gasteiger partial charge on any atom is -0.339 e. The quantitative estimate of drug-likeness (QED) is 0.809. The van der Waals surface area contributed by atoms with Crippen LogP contribution in [0.3, 0.4) is 0 Å². The van der Waals surface area contributed by atoms with Crippen LogP contribution in [0.2, 0.25) is 10.0 Å². The third-order valence-electron chi connectivity index (χ3n) is 5.88. The van der Waals surface area contributed by atoms with Crippen molar-refractivity contribution in [2.45, 2.75) is 11.8 Å². The third-order valence-corrected chi connectivity index (χ3v) is 6.38. The largest absolute Gasteiger partial charge is 0.339 e. The highest BCUT2D eigenvalue weighted by Crippen LogP contribution is 2.42. The highest BCUT2D eigenvalue weighted by atomic mass is 35.5. The van der Waals surface area contributed by atoms with Gasteiger partial charge in [-0.2, -0.15) is 0 Å². The van der Waals surface area contributed by atoms with Crippen molar-refractivity contribution in [3.05, 3.63) is 69.7 Å². The molecule has 0 saturated carbocycles.